The minimum atomic E-state index is -0.433. The molecule has 0 bridgehead atoms. The van der Waals surface area contributed by atoms with E-state index in [-0.39, 0.29) is 24.3 Å². The summed E-state index contributed by atoms with van der Waals surface area (Å²) in [6, 6.07) is 7.56. The molecule has 2 heterocycles. The number of nitrogens with zero attached hydrogens (tertiary/aromatic N) is 1. The highest BCUT2D eigenvalue weighted by molar-refractivity contribution is 6.05. The van der Waals surface area contributed by atoms with Crippen LogP contribution in [-0.2, 0) is 20.9 Å². The summed E-state index contributed by atoms with van der Waals surface area (Å²) < 4.78 is 5.54. The molecule has 2 amide bonds. The number of imide groups is 1. The second-order valence-electron chi connectivity index (χ2n) is 4.98. The number of fused-ring (bicyclic) bond motifs is 1. The van der Waals surface area contributed by atoms with Crippen LogP contribution in [0.4, 0.5) is 0 Å². The summed E-state index contributed by atoms with van der Waals surface area (Å²) in [4.78, 5) is 24.6. The lowest BCUT2D eigenvalue weighted by molar-refractivity contribution is -0.137. The highest BCUT2D eigenvalue weighted by Crippen LogP contribution is 2.26. The Kier molecular flexibility index (Phi) is 3.08. The lowest BCUT2D eigenvalue weighted by atomic mass is 9.98. The molecule has 5 heteroatoms. The van der Waals surface area contributed by atoms with Crippen molar-refractivity contribution in [1.29, 1.82) is 0 Å². The number of likely N-dealkylation sites (tertiary alicyclic amines) is 1. The number of ether oxygens (including phenoxy) is 1. The Morgan fingerprint density at radius 3 is 2.79 bits per heavy atom. The first kappa shape index (κ1) is 12.3. The average Bonchev–Trinajstić information content (AvgIpc) is 2.67. The van der Waals surface area contributed by atoms with Gasteiger partial charge in [-0.05, 0) is 11.1 Å². The number of hydrogen-bond acceptors (Lipinski definition) is 4. The van der Waals surface area contributed by atoms with Crippen molar-refractivity contribution in [2.24, 2.45) is 0 Å². The SMILES string of the molecule is CN1C(=O)CC(NC2COCc3ccccc32)C1=O. The fourth-order valence-corrected chi connectivity index (χ4v) is 2.65. The van der Waals surface area contributed by atoms with Gasteiger partial charge in [-0.2, -0.15) is 0 Å². The fourth-order valence-electron chi connectivity index (χ4n) is 2.65. The van der Waals surface area contributed by atoms with Crippen LogP contribution in [0.25, 0.3) is 0 Å². The highest BCUT2D eigenvalue weighted by atomic mass is 16.5. The first-order valence-electron chi connectivity index (χ1n) is 6.39. The molecule has 0 radical (unpaired) electrons. The molecule has 19 heavy (non-hydrogen) atoms. The standard InChI is InChI=1S/C14H16N2O3/c1-16-13(17)6-11(14(16)18)15-12-8-19-7-9-4-2-3-5-10(9)12/h2-5,11-12,15H,6-8H2,1H3. The Morgan fingerprint density at radius 1 is 1.26 bits per heavy atom. The van der Waals surface area contributed by atoms with Gasteiger partial charge in [0.2, 0.25) is 11.8 Å². The number of hydrogen-bond donors (Lipinski definition) is 1. The van der Waals surface area contributed by atoms with Gasteiger partial charge in [0.05, 0.1) is 31.7 Å². The first-order valence-corrected chi connectivity index (χ1v) is 6.39. The van der Waals surface area contributed by atoms with Gasteiger partial charge in [-0.1, -0.05) is 24.3 Å². The smallest absolute Gasteiger partial charge is 0.246 e. The lowest BCUT2D eigenvalue weighted by Crippen LogP contribution is -2.42. The highest BCUT2D eigenvalue weighted by Gasteiger charge is 2.37. The molecule has 0 aromatic heterocycles. The molecule has 1 saturated heterocycles. The quantitative estimate of drug-likeness (QED) is 0.791. The molecular formula is C14H16N2O3. The van der Waals surface area contributed by atoms with Gasteiger partial charge >= 0.3 is 0 Å². The monoisotopic (exact) mass is 260 g/mol. The van der Waals surface area contributed by atoms with Gasteiger partial charge in [-0.3, -0.25) is 19.8 Å². The second-order valence-corrected chi connectivity index (χ2v) is 4.98. The summed E-state index contributed by atoms with van der Waals surface area (Å²) in [5.41, 5.74) is 2.29. The third-order valence-corrected chi connectivity index (χ3v) is 3.76. The van der Waals surface area contributed by atoms with Gasteiger partial charge in [0.1, 0.15) is 0 Å². The van der Waals surface area contributed by atoms with Crippen LogP contribution in [0.1, 0.15) is 23.6 Å². The van der Waals surface area contributed by atoms with Crippen molar-refractivity contribution in [3.63, 3.8) is 0 Å². The number of likely N-dealkylation sites (N-methyl/N-ethyl adjacent to an activating group) is 1. The molecule has 1 aromatic rings. The molecule has 2 atom stereocenters. The molecule has 2 unspecified atom stereocenters. The topological polar surface area (TPSA) is 58.6 Å². The summed E-state index contributed by atoms with van der Waals surface area (Å²) in [5, 5.41) is 3.25. The van der Waals surface area contributed by atoms with Crippen molar-refractivity contribution in [3.8, 4) is 0 Å². The van der Waals surface area contributed by atoms with Gasteiger partial charge in [0.15, 0.2) is 0 Å². The van der Waals surface area contributed by atoms with Gasteiger partial charge < -0.3 is 4.74 Å². The van der Waals surface area contributed by atoms with Crippen LogP contribution in [0.15, 0.2) is 24.3 Å². The second kappa shape index (κ2) is 4.75. The predicted molar refractivity (Wildman–Crippen MR) is 68.2 cm³/mol. The summed E-state index contributed by atoms with van der Waals surface area (Å²) in [6.07, 6.45) is 0.230. The minimum Gasteiger partial charge on any atom is -0.375 e. The van der Waals surface area contributed by atoms with E-state index in [1.807, 2.05) is 24.3 Å². The van der Waals surface area contributed by atoms with E-state index < -0.39 is 6.04 Å². The number of nitrogens with one attached hydrogen (secondary N) is 1. The van der Waals surface area contributed by atoms with Crippen molar-refractivity contribution >= 4 is 11.8 Å². The third-order valence-electron chi connectivity index (χ3n) is 3.76. The molecule has 2 aliphatic rings. The molecule has 5 nitrogen and oxygen atoms in total. The summed E-state index contributed by atoms with van der Waals surface area (Å²) >= 11 is 0. The summed E-state index contributed by atoms with van der Waals surface area (Å²) in [7, 11) is 1.53. The average molecular weight is 260 g/mol. The zero-order valence-electron chi connectivity index (χ0n) is 10.8. The van der Waals surface area contributed by atoms with Gasteiger partial charge in [-0.15, -0.1) is 0 Å². The van der Waals surface area contributed by atoms with E-state index in [1.165, 1.54) is 11.9 Å². The number of amides is 2. The van der Waals surface area contributed by atoms with Crippen LogP contribution in [0.5, 0.6) is 0 Å². The molecule has 2 aliphatic heterocycles. The molecule has 0 spiro atoms. The van der Waals surface area contributed by atoms with E-state index in [0.717, 1.165) is 11.1 Å². The van der Waals surface area contributed by atoms with Gasteiger partial charge in [-0.25, -0.2) is 0 Å². The normalized spacial score (nSPS) is 26.7. The van der Waals surface area contributed by atoms with E-state index in [0.29, 0.717) is 13.2 Å². The van der Waals surface area contributed by atoms with Crippen LogP contribution >= 0.6 is 0 Å². The van der Waals surface area contributed by atoms with E-state index in [2.05, 4.69) is 5.32 Å². The minimum absolute atomic E-state index is 0.0294. The zero-order chi connectivity index (χ0) is 13.4. The lowest BCUT2D eigenvalue weighted by Gasteiger charge is -2.28. The molecule has 3 rings (SSSR count). The largest absolute Gasteiger partial charge is 0.375 e. The third kappa shape index (κ3) is 2.15. The van der Waals surface area contributed by atoms with Crippen LogP contribution in [-0.4, -0.2) is 36.4 Å². The van der Waals surface area contributed by atoms with Crippen LogP contribution < -0.4 is 5.32 Å². The van der Waals surface area contributed by atoms with E-state index >= 15 is 0 Å². The Hall–Kier alpha value is -1.72. The Labute approximate surface area is 111 Å². The van der Waals surface area contributed by atoms with Crippen molar-refractivity contribution in [2.45, 2.75) is 25.1 Å². The number of benzene rings is 1. The van der Waals surface area contributed by atoms with Crippen molar-refractivity contribution in [2.75, 3.05) is 13.7 Å². The maximum absolute atomic E-state index is 11.9. The Balaban J connectivity index is 1.79. The first-order chi connectivity index (χ1) is 9.16. The van der Waals surface area contributed by atoms with Gasteiger partial charge in [0, 0.05) is 7.05 Å². The number of rotatable bonds is 2. The fraction of sp³-hybridized carbons (Fsp3) is 0.429. The van der Waals surface area contributed by atoms with Crippen molar-refractivity contribution in [3.05, 3.63) is 35.4 Å². The molecule has 1 N–H and O–H groups in total. The van der Waals surface area contributed by atoms with E-state index in [4.69, 9.17) is 4.74 Å². The molecule has 0 saturated carbocycles. The van der Waals surface area contributed by atoms with Gasteiger partial charge in [0.25, 0.3) is 0 Å². The van der Waals surface area contributed by atoms with E-state index in [1.54, 1.807) is 0 Å². The zero-order valence-corrected chi connectivity index (χ0v) is 10.8. The van der Waals surface area contributed by atoms with E-state index in [9.17, 15) is 9.59 Å². The summed E-state index contributed by atoms with van der Waals surface area (Å²) in [5.74, 6) is -0.291. The Morgan fingerprint density at radius 2 is 2.05 bits per heavy atom. The molecular weight excluding hydrogens is 244 g/mol. The van der Waals surface area contributed by atoms with Crippen molar-refractivity contribution in [1.82, 2.24) is 10.2 Å². The molecule has 0 aliphatic carbocycles. The maximum atomic E-state index is 11.9. The van der Waals surface area contributed by atoms with Crippen LogP contribution in [0, 0.1) is 0 Å². The predicted octanol–water partition coefficient (Wildman–Crippen LogP) is 0.605. The van der Waals surface area contributed by atoms with Crippen LogP contribution in [0.2, 0.25) is 0 Å². The maximum Gasteiger partial charge on any atom is 0.246 e. The molecule has 100 valence electrons. The number of carbonyl (C=O) groups excluding carboxylic acids is 2. The van der Waals surface area contributed by atoms with Crippen LogP contribution in [0.3, 0.4) is 0 Å². The Bertz CT molecular complexity index is 529. The van der Waals surface area contributed by atoms with Crippen molar-refractivity contribution < 1.29 is 14.3 Å². The molecule has 1 aromatic carbocycles. The number of carbonyl (C=O) groups is 2. The molecule has 1 fully saturated rings. The summed E-state index contributed by atoms with van der Waals surface area (Å²) in [6.45, 7) is 1.13.